The first-order valence-corrected chi connectivity index (χ1v) is 11.9. The average molecular weight is 442 g/mol. The second kappa shape index (κ2) is 9.99. The van der Waals surface area contributed by atoms with Gasteiger partial charge in [-0.25, -0.2) is 4.79 Å². The highest BCUT2D eigenvalue weighted by Gasteiger charge is 2.48. The van der Waals surface area contributed by atoms with Crippen LogP contribution in [-0.2, 0) is 9.47 Å². The molecule has 0 spiro atoms. The lowest BCUT2D eigenvalue weighted by atomic mass is 9.86. The van der Waals surface area contributed by atoms with Crippen LogP contribution < -0.4 is 10.1 Å². The summed E-state index contributed by atoms with van der Waals surface area (Å²) in [7, 11) is 0. The lowest BCUT2D eigenvalue weighted by Crippen LogP contribution is -2.51. The molecule has 6 heteroatoms. The van der Waals surface area contributed by atoms with Gasteiger partial charge >= 0.3 is 5.97 Å². The average Bonchev–Trinajstić information content (AvgIpc) is 3.32. The van der Waals surface area contributed by atoms with Crippen molar-refractivity contribution < 1.29 is 23.4 Å². The number of ether oxygens (including phenoxy) is 3. The van der Waals surface area contributed by atoms with Gasteiger partial charge < -0.3 is 23.9 Å². The Kier molecular flexibility index (Phi) is 7.09. The summed E-state index contributed by atoms with van der Waals surface area (Å²) >= 11 is 0. The van der Waals surface area contributed by atoms with Crippen LogP contribution in [0.1, 0.15) is 81.5 Å². The molecule has 32 heavy (non-hydrogen) atoms. The Morgan fingerprint density at radius 1 is 1.19 bits per heavy atom. The molecule has 1 aliphatic carbocycles. The van der Waals surface area contributed by atoms with Crippen LogP contribution in [0.2, 0.25) is 0 Å². The zero-order valence-electron chi connectivity index (χ0n) is 19.4. The number of rotatable bonds is 8. The molecule has 2 heterocycles. The van der Waals surface area contributed by atoms with Gasteiger partial charge in [0.15, 0.2) is 6.10 Å². The van der Waals surface area contributed by atoms with Gasteiger partial charge in [0.25, 0.3) is 0 Å². The zero-order chi connectivity index (χ0) is 22.6. The van der Waals surface area contributed by atoms with Crippen LogP contribution in [0.3, 0.4) is 0 Å². The molecule has 1 aromatic heterocycles. The summed E-state index contributed by atoms with van der Waals surface area (Å²) in [6.45, 7) is 7.38. The van der Waals surface area contributed by atoms with Crippen molar-refractivity contribution in [3.05, 3.63) is 47.9 Å². The Morgan fingerprint density at radius 3 is 2.72 bits per heavy atom. The van der Waals surface area contributed by atoms with Crippen molar-refractivity contribution in [1.82, 2.24) is 0 Å². The van der Waals surface area contributed by atoms with E-state index in [-0.39, 0.29) is 5.76 Å². The molecular formula is C26H35NO5. The molecule has 0 bridgehead atoms. The maximum absolute atomic E-state index is 12.8. The minimum absolute atomic E-state index is 0.175. The lowest BCUT2D eigenvalue weighted by Gasteiger charge is -2.43. The Balaban J connectivity index is 1.58. The van der Waals surface area contributed by atoms with Crippen molar-refractivity contribution in [2.24, 2.45) is 5.92 Å². The molecule has 0 radical (unpaired) electrons. The highest BCUT2D eigenvalue weighted by atomic mass is 16.6. The molecule has 1 aliphatic heterocycles. The van der Waals surface area contributed by atoms with Gasteiger partial charge in [-0.1, -0.05) is 32.1 Å². The molecule has 1 aromatic carbocycles. The molecule has 1 fully saturated rings. The molecule has 2 unspecified atom stereocenters. The van der Waals surface area contributed by atoms with Gasteiger partial charge in [0.2, 0.25) is 5.76 Å². The van der Waals surface area contributed by atoms with Crippen LogP contribution in [0.25, 0.3) is 0 Å². The maximum Gasteiger partial charge on any atom is 0.374 e. The Morgan fingerprint density at radius 2 is 2.00 bits per heavy atom. The number of benzene rings is 1. The zero-order valence-corrected chi connectivity index (χ0v) is 19.4. The van der Waals surface area contributed by atoms with Crippen molar-refractivity contribution in [2.75, 3.05) is 18.5 Å². The van der Waals surface area contributed by atoms with Crippen LogP contribution in [0, 0.1) is 5.92 Å². The molecule has 6 nitrogen and oxygen atoms in total. The van der Waals surface area contributed by atoms with Gasteiger partial charge in [0.05, 0.1) is 6.26 Å². The highest BCUT2D eigenvalue weighted by Crippen LogP contribution is 2.45. The van der Waals surface area contributed by atoms with Crippen molar-refractivity contribution in [2.45, 2.75) is 77.1 Å². The standard InChI is InChI=1S/C26H35NO5/c1-4-27-19-12-13-21-20(17-19)23(30-16-14-18-9-6-5-7-10-18)24(26(2,3)32-21)31-25(28)22-11-8-15-29-22/h8,11-13,15,17-18,23-24,27H,4-7,9-10,14,16H2,1-3H3. The van der Waals surface area contributed by atoms with Crippen molar-refractivity contribution in [3.63, 3.8) is 0 Å². The van der Waals surface area contributed by atoms with Crippen LogP contribution in [0.15, 0.2) is 41.0 Å². The minimum atomic E-state index is -0.759. The summed E-state index contributed by atoms with van der Waals surface area (Å²) in [5.41, 5.74) is 1.14. The summed E-state index contributed by atoms with van der Waals surface area (Å²) in [5.74, 6) is 1.15. The first-order chi connectivity index (χ1) is 15.5. The number of hydrogen-bond donors (Lipinski definition) is 1. The second-order valence-corrected chi connectivity index (χ2v) is 9.38. The first-order valence-electron chi connectivity index (χ1n) is 11.9. The van der Waals surface area contributed by atoms with Crippen LogP contribution >= 0.6 is 0 Å². The predicted molar refractivity (Wildman–Crippen MR) is 123 cm³/mol. The van der Waals surface area contributed by atoms with E-state index in [0.717, 1.165) is 30.0 Å². The summed E-state index contributed by atoms with van der Waals surface area (Å²) in [4.78, 5) is 12.8. The van der Waals surface area contributed by atoms with Crippen molar-refractivity contribution >= 4 is 11.7 Å². The number of carbonyl (C=O) groups excluding carboxylic acids is 1. The van der Waals surface area contributed by atoms with Crippen molar-refractivity contribution in [1.29, 1.82) is 0 Å². The fourth-order valence-corrected chi connectivity index (χ4v) is 4.83. The second-order valence-electron chi connectivity index (χ2n) is 9.38. The van der Waals surface area contributed by atoms with E-state index in [2.05, 4.69) is 12.2 Å². The van der Waals surface area contributed by atoms with Crippen LogP contribution in [0.4, 0.5) is 5.69 Å². The third-order valence-corrected chi connectivity index (χ3v) is 6.54. The molecule has 4 rings (SSSR count). The monoisotopic (exact) mass is 441 g/mol. The normalized spacial score (nSPS) is 22.6. The maximum atomic E-state index is 12.8. The molecule has 2 aliphatic rings. The van der Waals surface area contributed by atoms with E-state index in [0.29, 0.717) is 12.5 Å². The number of hydrogen-bond acceptors (Lipinski definition) is 6. The minimum Gasteiger partial charge on any atom is -0.483 e. The summed E-state index contributed by atoms with van der Waals surface area (Å²) in [5, 5.41) is 3.35. The summed E-state index contributed by atoms with van der Waals surface area (Å²) < 4.78 is 24.0. The summed E-state index contributed by atoms with van der Waals surface area (Å²) in [6, 6.07) is 9.31. The lowest BCUT2D eigenvalue weighted by molar-refractivity contribution is -0.141. The van der Waals surface area contributed by atoms with E-state index in [1.54, 1.807) is 12.1 Å². The molecule has 1 N–H and O–H groups in total. The molecule has 1 saturated carbocycles. The Hall–Kier alpha value is -2.47. The number of fused-ring (bicyclic) bond motifs is 1. The van der Waals surface area contributed by atoms with Gasteiger partial charge in [-0.15, -0.1) is 0 Å². The molecule has 2 atom stereocenters. The molecular weight excluding hydrogens is 406 g/mol. The summed E-state index contributed by atoms with van der Waals surface area (Å²) in [6.07, 6.45) is 7.98. The third-order valence-electron chi connectivity index (χ3n) is 6.54. The number of carbonyl (C=O) groups is 1. The van der Waals surface area contributed by atoms with Gasteiger partial charge in [-0.2, -0.15) is 0 Å². The van der Waals surface area contributed by atoms with E-state index in [1.807, 2.05) is 32.0 Å². The molecule has 0 saturated heterocycles. The number of nitrogens with one attached hydrogen (secondary N) is 1. The molecule has 174 valence electrons. The topological polar surface area (TPSA) is 69.9 Å². The van der Waals surface area contributed by atoms with E-state index in [9.17, 15) is 4.79 Å². The first kappa shape index (κ1) is 22.7. The van der Waals surface area contributed by atoms with E-state index < -0.39 is 23.8 Å². The Bertz CT molecular complexity index is 886. The smallest absolute Gasteiger partial charge is 0.374 e. The van der Waals surface area contributed by atoms with Crippen LogP contribution in [-0.4, -0.2) is 30.8 Å². The van der Waals surface area contributed by atoms with E-state index >= 15 is 0 Å². The molecule has 0 amide bonds. The Labute approximate surface area is 190 Å². The van der Waals surface area contributed by atoms with Gasteiger partial charge in [-0.05, 0) is 63.4 Å². The molecule has 2 aromatic rings. The number of anilines is 1. The quantitative estimate of drug-likeness (QED) is 0.497. The van der Waals surface area contributed by atoms with Gasteiger partial charge in [0.1, 0.15) is 17.5 Å². The van der Waals surface area contributed by atoms with E-state index in [4.69, 9.17) is 18.6 Å². The largest absolute Gasteiger partial charge is 0.483 e. The third kappa shape index (κ3) is 5.12. The number of furan rings is 1. The predicted octanol–water partition coefficient (Wildman–Crippen LogP) is 6.14. The van der Waals surface area contributed by atoms with Crippen molar-refractivity contribution in [3.8, 4) is 5.75 Å². The SMILES string of the molecule is CCNc1ccc2c(c1)C(OCCC1CCCCC1)C(OC(=O)c1ccco1)C(C)(C)O2. The number of esters is 1. The highest BCUT2D eigenvalue weighted by molar-refractivity contribution is 5.86. The fraction of sp³-hybridized carbons (Fsp3) is 0.577. The van der Waals surface area contributed by atoms with Gasteiger partial charge in [-0.3, -0.25) is 0 Å². The van der Waals surface area contributed by atoms with Gasteiger partial charge in [0, 0.05) is 24.4 Å². The fourth-order valence-electron chi connectivity index (χ4n) is 4.83. The van der Waals surface area contributed by atoms with Crippen LogP contribution in [0.5, 0.6) is 5.75 Å². The van der Waals surface area contributed by atoms with E-state index in [1.165, 1.54) is 38.4 Å².